The number of nitrogens with one attached hydrogen (secondary N) is 1. The Hall–Kier alpha value is -1.06. The molecule has 0 amide bonds. The lowest BCUT2D eigenvalue weighted by Crippen LogP contribution is -2.46. The number of ether oxygens (including phenoxy) is 1. The van der Waals surface area contributed by atoms with Gasteiger partial charge in [0.1, 0.15) is 5.75 Å². The van der Waals surface area contributed by atoms with Crippen molar-refractivity contribution in [2.24, 2.45) is 0 Å². The van der Waals surface area contributed by atoms with Crippen molar-refractivity contribution in [2.45, 2.75) is 32.2 Å². The van der Waals surface area contributed by atoms with E-state index in [1.165, 1.54) is 31.5 Å². The normalized spacial score (nSPS) is 20.4. The maximum Gasteiger partial charge on any atom is 0.122 e. The maximum absolute atomic E-state index is 5.41. The quantitative estimate of drug-likeness (QED) is 0.851. The van der Waals surface area contributed by atoms with Gasteiger partial charge in [0.2, 0.25) is 0 Å². The van der Waals surface area contributed by atoms with Crippen LogP contribution < -0.4 is 10.1 Å². The maximum atomic E-state index is 5.41. The van der Waals surface area contributed by atoms with E-state index >= 15 is 0 Å². The molecule has 1 aromatic carbocycles. The van der Waals surface area contributed by atoms with Crippen LogP contribution in [0.4, 0.5) is 0 Å². The highest BCUT2D eigenvalue weighted by atomic mass is 16.5. The number of para-hydroxylation sites is 1. The van der Waals surface area contributed by atoms with Gasteiger partial charge in [-0.05, 0) is 44.0 Å². The smallest absolute Gasteiger partial charge is 0.122 e. The number of rotatable bonds is 6. The molecule has 0 aromatic heterocycles. The zero-order valence-corrected chi connectivity index (χ0v) is 12.2. The fourth-order valence-corrected chi connectivity index (χ4v) is 2.90. The fourth-order valence-electron chi connectivity index (χ4n) is 2.90. The highest BCUT2D eigenvalue weighted by molar-refractivity contribution is 5.33. The summed E-state index contributed by atoms with van der Waals surface area (Å²) in [5, 5.41) is 3.57. The molecule has 0 spiro atoms. The average Bonchev–Trinajstić information content (AvgIpc) is 2.46. The molecule has 0 saturated carbocycles. The Bertz CT molecular complexity index is 379. The van der Waals surface area contributed by atoms with Gasteiger partial charge in [-0.1, -0.05) is 25.1 Å². The monoisotopic (exact) mass is 262 g/mol. The summed E-state index contributed by atoms with van der Waals surface area (Å²) in [7, 11) is 1.75. The molecule has 1 aliphatic heterocycles. The second kappa shape index (κ2) is 7.51. The summed E-state index contributed by atoms with van der Waals surface area (Å²) >= 11 is 0. The largest absolute Gasteiger partial charge is 0.496 e. The van der Waals surface area contributed by atoms with Crippen LogP contribution in [0.15, 0.2) is 24.3 Å². The number of likely N-dealkylation sites (tertiary alicyclic amines) is 1. The van der Waals surface area contributed by atoms with Gasteiger partial charge in [-0.3, -0.25) is 0 Å². The van der Waals surface area contributed by atoms with Crippen LogP contribution in [0.1, 0.15) is 25.3 Å². The standard InChI is InChI=1S/C16H26N2O/c1-3-17-15-8-6-11-18(13-15)12-10-14-7-4-5-9-16(14)19-2/h4-5,7,9,15,17H,3,6,8,10-13H2,1-2H3. The molecule has 1 heterocycles. The number of benzene rings is 1. The molecule has 106 valence electrons. The second-order valence-electron chi connectivity index (χ2n) is 5.26. The molecule has 1 N–H and O–H groups in total. The van der Waals surface area contributed by atoms with Gasteiger partial charge in [0.15, 0.2) is 0 Å². The first-order chi connectivity index (χ1) is 9.33. The molecule has 0 radical (unpaired) electrons. The van der Waals surface area contributed by atoms with Crippen LogP contribution in [0.2, 0.25) is 0 Å². The van der Waals surface area contributed by atoms with E-state index in [9.17, 15) is 0 Å². The van der Waals surface area contributed by atoms with Crippen LogP contribution in [0.3, 0.4) is 0 Å². The third kappa shape index (κ3) is 4.22. The van der Waals surface area contributed by atoms with Gasteiger partial charge < -0.3 is 15.0 Å². The molecule has 1 aromatic rings. The Morgan fingerprint density at radius 1 is 1.37 bits per heavy atom. The predicted octanol–water partition coefficient (Wildman–Crippen LogP) is 2.31. The summed E-state index contributed by atoms with van der Waals surface area (Å²) in [4.78, 5) is 2.57. The minimum Gasteiger partial charge on any atom is -0.496 e. The van der Waals surface area contributed by atoms with Crippen molar-refractivity contribution in [1.29, 1.82) is 0 Å². The van der Waals surface area contributed by atoms with Gasteiger partial charge >= 0.3 is 0 Å². The minimum atomic E-state index is 0.677. The van der Waals surface area contributed by atoms with E-state index in [-0.39, 0.29) is 0 Å². The molecule has 1 fully saturated rings. The van der Waals surface area contributed by atoms with Crippen molar-refractivity contribution in [3.05, 3.63) is 29.8 Å². The van der Waals surface area contributed by atoms with Crippen LogP contribution in [-0.4, -0.2) is 44.2 Å². The molecule has 1 aliphatic rings. The molecule has 1 unspecified atom stereocenters. The van der Waals surface area contributed by atoms with Crippen LogP contribution in [-0.2, 0) is 6.42 Å². The van der Waals surface area contributed by atoms with Crippen molar-refractivity contribution in [2.75, 3.05) is 33.3 Å². The summed E-state index contributed by atoms with van der Waals surface area (Å²) in [6.45, 7) is 6.81. The molecule has 3 heteroatoms. The second-order valence-corrected chi connectivity index (χ2v) is 5.26. The average molecular weight is 262 g/mol. The molecule has 1 saturated heterocycles. The molecule has 2 rings (SSSR count). The van der Waals surface area contributed by atoms with Gasteiger partial charge in [0, 0.05) is 19.1 Å². The molecule has 1 atom stereocenters. The SMILES string of the molecule is CCNC1CCCN(CCc2ccccc2OC)C1. The first kappa shape index (κ1) is 14.4. The van der Waals surface area contributed by atoms with Gasteiger partial charge in [0.05, 0.1) is 7.11 Å². The summed E-state index contributed by atoms with van der Waals surface area (Å²) in [5.41, 5.74) is 1.32. The predicted molar refractivity (Wildman–Crippen MR) is 79.8 cm³/mol. The van der Waals surface area contributed by atoms with Crippen molar-refractivity contribution < 1.29 is 4.74 Å². The summed E-state index contributed by atoms with van der Waals surface area (Å²) in [5.74, 6) is 1.02. The Kier molecular flexibility index (Phi) is 5.67. The fraction of sp³-hybridized carbons (Fsp3) is 0.625. The van der Waals surface area contributed by atoms with Crippen molar-refractivity contribution >= 4 is 0 Å². The number of likely N-dealkylation sites (N-methyl/N-ethyl adjacent to an activating group) is 1. The molecular weight excluding hydrogens is 236 g/mol. The van der Waals surface area contributed by atoms with Gasteiger partial charge in [0.25, 0.3) is 0 Å². The number of hydrogen-bond donors (Lipinski definition) is 1. The molecule has 0 aliphatic carbocycles. The number of piperidine rings is 1. The topological polar surface area (TPSA) is 24.5 Å². The molecule has 0 bridgehead atoms. The first-order valence-electron chi connectivity index (χ1n) is 7.41. The van der Waals surface area contributed by atoms with Crippen LogP contribution in [0.5, 0.6) is 5.75 Å². The van der Waals surface area contributed by atoms with Crippen LogP contribution in [0, 0.1) is 0 Å². The van der Waals surface area contributed by atoms with Crippen LogP contribution >= 0.6 is 0 Å². The Labute approximate surface area is 116 Å². The van der Waals surface area contributed by atoms with E-state index in [1.807, 2.05) is 12.1 Å². The molecular formula is C16H26N2O. The third-order valence-electron chi connectivity index (χ3n) is 3.89. The van der Waals surface area contributed by atoms with E-state index in [2.05, 4.69) is 29.3 Å². The zero-order chi connectivity index (χ0) is 13.5. The Morgan fingerprint density at radius 3 is 3.00 bits per heavy atom. The van der Waals surface area contributed by atoms with E-state index < -0.39 is 0 Å². The Morgan fingerprint density at radius 2 is 2.21 bits per heavy atom. The lowest BCUT2D eigenvalue weighted by molar-refractivity contribution is 0.193. The molecule has 19 heavy (non-hydrogen) atoms. The van der Waals surface area contributed by atoms with E-state index in [4.69, 9.17) is 4.74 Å². The summed E-state index contributed by atoms with van der Waals surface area (Å²) in [6.07, 6.45) is 3.70. The van der Waals surface area contributed by atoms with Crippen LogP contribution in [0.25, 0.3) is 0 Å². The summed E-state index contributed by atoms with van der Waals surface area (Å²) in [6, 6.07) is 9.02. The van der Waals surface area contributed by atoms with Crippen molar-refractivity contribution in [3.63, 3.8) is 0 Å². The lowest BCUT2D eigenvalue weighted by Gasteiger charge is -2.33. The van der Waals surface area contributed by atoms with E-state index in [0.29, 0.717) is 6.04 Å². The zero-order valence-electron chi connectivity index (χ0n) is 12.2. The number of hydrogen-bond acceptors (Lipinski definition) is 3. The number of methoxy groups -OCH3 is 1. The summed E-state index contributed by atoms with van der Waals surface area (Å²) < 4.78 is 5.41. The highest BCUT2D eigenvalue weighted by Gasteiger charge is 2.18. The van der Waals surface area contributed by atoms with E-state index in [1.54, 1.807) is 7.11 Å². The van der Waals surface area contributed by atoms with Gasteiger partial charge in [-0.2, -0.15) is 0 Å². The van der Waals surface area contributed by atoms with Gasteiger partial charge in [-0.25, -0.2) is 0 Å². The third-order valence-corrected chi connectivity index (χ3v) is 3.89. The van der Waals surface area contributed by atoms with Gasteiger partial charge in [-0.15, -0.1) is 0 Å². The van der Waals surface area contributed by atoms with Crippen molar-refractivity contribution in [3.8, 4) is 5.75 Å². The number of nitrogens with zero attached hydrogens (tertiary/aromatic N) is 1. The lowest BCUT2D eigenvalue weighted by atomic mass is 10.0. The highest BCUT2D eigenvalue weighted by Crippen LogP contribution is 2.19. The first-order valence-corrected chi connectivity index (χ1v) is 7.41. The minimum absolute atomic E-state index is 0.677. The molecule has 3 nitrogen and oxygen atoms in total. The van der Waals surface area contributed by atoms with Crippen molar-refractivity contribution in [1.82, 2.24) is 10.2 Å². The van der Waals surface area contributed by atoms with E-state index in [0.717, 1.165) is 25.3 Å². The Balaban J connectivity index is 1.84.